The first-order chi connectivity index (χ1) is 13.3. The number of nitrogens with zero attached hydrogens (tertiary/aromatic N) is 6. The number of hydrogen-bond acceptors (Lipinski definition) is 9. The number of rotatable bonds is 9. The minimum atomic E-state index is -4.27. The van der Waals surface area contributed by atoms with Gasteiger partial charge in [0.2, 0.25) is 10.0 Å². The van der Waals surface area contributed by atoms with Crippen LogP contribution in [-0.4, -0.2) is 40.1 Å². The van der Waals surface area contributed by atoms with E-state index in [9.17, 15) is 17.4 Å². The molecule has 28 heavy (non-hydrogen) atoms. The summed E-state index contributed by atoms with van der Waals surface area (Å²) in [5.74, 6) is 0. The van der Waals surface area contributed by atoms with E-state index in [1.165, 1.54) is 23.5 Å². The van der Waals surface area contributed by atoms with Crippen molar-refractivity contribution in [3.05, 3.63) is 23.2 Å². The molecule has 0 fully saturated rings. The van der Waals surface area contributed by atoms with E-state index in [1.807, 2.05) is 18.7 Å². The topological polar surface area (TPSA) is 92.4 Å². The molecule has 13 heteroatoms. The van der Waals surface area contributed by atoms with Crippen molar-refractivity contribution < 1.29 is 21.6 Å². The van der Waals surface area contributed by atoms with Gasteiger partial charge in [0.05, 0.1) is 0 Å². The number of aromatic nitrogens is 2. The fraction of sp³-hybridized carbons (Fsp3) is 0.467. The van der Waals surface area contributed by atoms with Crippen LogP contribution in [-0.2, 0) is 14.2 Å². The summed E-state index contributed by atoms with van der Waals surface area (Å²) >= 11 is 1.19. The zero-order valence-corrected chi connectivity index (χ0v) is 17.0. The molecular weight excluding hydrogens is 417 g/mol. The Kier molecular flexibility index (Phi) is 7.83. The van der Waals surface area contributed by atoms with Crippen LogP contribution in [0.4, 0.5) is 35.4 Å². The van der Waals surface area contributed by atoms with Gasteiger partial charge in [-0.15, -0.1) is 20.4 Å². The fourth-order valence-electron chi connectivity index (χ4n) is 2.21. The Bertz CT molecular complexity index is 940. The van der Waals surface area contributed by atoms with E-state index in [4.69, 9.17) is 0 Å². The second-order valence-electron chi connectivity index (χ2n) is 5.29. The van der Waals surface area contributed by atoms with Gasteiger partial charge in [0.25, 0.3) is 5.13 Å². The number of halogens is 3. The first-order valence-electron chi connectivity index (χ1n) is 8.18. The van der Waals surface area contributed by atoms with Gasteiger partial charge in [0.15, 0.2) is 6.01 Å². The van der Waals surface area contributed by atoms with Gasteiger partial charge in [0, 0.05) is 18.8 Å². The normalized spacial score (nSPS) is 13.8. The van der Waals surface area contributed by atoms with Crippen LogP contribution >= 0.6 is 11.3 Å². The van der Waals surface area contributed by atoms with E-state index in [-0.39, 0.29) is 16.5 Å². The third-order valence-electron chi connectivity index (χ3n) is 3.44. The summed E-state index contributed by atoms with van der Waals surface area (Å²) in [6.45, 7) is 3.48. The minimum Gasteiger partial charge on any atom is -0.372 e. The molecule has 1 aromatic carbocycles. The van der Waals surface area contributed by atoms with Crippen LogP contribution in [0.15, 0.2) is 32.8 Å². The molecule has 0 amide bonds. The lowest BCUT2D eigenvalue weighted by molar-refractivity contribution is -0.0421. The molecule has 1 atom stereocenters. The molecule has 0 aliphatic carbocycles. The van der Waals surface area contributed by atoms with Crippen LogP contribution < -0.4 is 4.90 Å². The summed E-state index contributed by atoms with van der Waals surface area (Å²) in [5.41, 5.74) is 0.688. The fourth-order valence-corrected chi connectivity index (χ4v) is 3.54. The highest BCUT2D eigenvalue weighted by molar-refractivity contribution is 7.89. The van der Waals surface area contributed by atoms with E-state index < -0.39 is 22.6 Å². The van der Waals surface area contributed by atoms with Gasteiger partial charge in [-0.05, 0) is 39.0 Å². The van der Waals surface area contributed by atoms with Crippen LogP contribution in [0, 0.1) is 6.92 Å². The Labute approximate surface area is 164 Å². The average molecular weight is 436 g/mol. The molecule has 2 aromatic rings. The van der Waals surface area contributed by atoms with Crippen LogP contribution in [0.1, 0.15) is 18.9 Å². The molecule has 0 N–H and O–H groups in total. The molecule has 1 unspecified atom stereocenters. The van der Waals surface area contributed by atoms with Gasteiger partial charge in [-0.3, -0.25) is 0 Å². The number of aryl methyl sites for hydroxylation is 1. The molecule has 0 saturated heterocycles. The summed E-state index contributed by atoms with van der Waals surface area (Å²) in [6, 6.07) is 3.01. The van der Waals surface area contributed by atoms with Crippen LogP contribution in [0.25, 0.3) is 0 Å². The van der Waals surface area contributed by atoms with Crippen LogP contribution in [0.5, 0.6) is 0 Å². The smallest absolute Gasteiger partial charge is 0.357 e. The maximum atomic E-state index is 13.2. The molecule has 154 valence electrons. The van der Waals surface area contributed by atoms with Gasteiger partial charge < -0.3 is 4.90 Å². The molecule has 8 nitrogen and oxygen atoms in total. The van der Waals surface area contributed by atoms with Crippen LogP contribution in [0.3, 0.4) is 0 Å². The van der Waals surface area contributed by atoms with Crippen molar-refractivity contribution in [1.29, 1.82) is 0 Å². The summed E-state index contributed by atoms with van der Waals surface area (Å²) in [5, 5.41) is 16.4. The minimum absolute atomic E-state index is 0.0855. The van der Waals surface area contributed by atoms with Crippen molar-refractivity contribution in [2.24, 2.45) is 14.6 Å². The Morgan fingerprint density at radius 3 is 2.46 bits per heavy atom. The first-order valence-corrected chi connectivity index (χ1v) is 10.6. The lowest BCUT2D eigenvalue weighted by atomic mass is 10.2. The molecule has 1 heterocycles. The zero-order chi connectivity index (χ0) is 20.7. The molecule has 0 spiro atoms. The Morgan fingerprint density at radius 1 is 1.21 bits per heavy atom. The lowest BCUT2D eigenvalue weighted by Gasteiger charge is -2.21. The third kappa shape index (κ3) is 5.94. The summed E-state index contributed by atoms with van der Waals surface area (Å²) < 4.78 is 58.0. The van der Waals surface area contributed by atoms with Crippen molar-refractivity contribution in [2.75, 3.05) is 24.0 Å². The predicted octanol–water partition coefficient (Wildman–Crippen LogP) is 5.29. The molecule has 0 aliphatic heterocycles. The van der Waals surface area contributed by atoms with Gasteiger partial charge in [-0.25, -0.2) is 12.8 Å². The number of hydrogen-bond donors (Lipinski definition) is 0. The zero-order valence-electron chi connectivity index (χ0n) is 15.4. The summed E-state index contributed by atoms with van der Waals surface area (Å²) in [4.78, 5) is 1.94. The van der Waals surface area contributed by atoms with E-state index in [0.717, 1.165) is 0 Å². The molecular formula is C15H19F3N6O2S2. The Hall–Kier alpha value is -2.12. The van der Waals surface area contributed by atoms with E-state index >= 15 is 0 Å². The molecule has 0 bridgehead atoms. The summed E-state index contributed by atoms with van der Waals surface area (Å²) in [7, 11) is -4.27. The predicted molar refractivity (Wildman–Crippen MR) is 102 cm³/mol. The quantitative estimate of drug-likeness (QED) is 0.498. The van der Waals surface area contributed by atoms with E-state index in [1.54, 1.807) is 13.0 Å². The maximum Gasteiger partial charge on any atom is 0.357 e. The Balaban J connectivity index is 2.54. The standard InChI is InChI=1S/C15H19F3N6O2S2/c1-4-24(5-2)11-6-7-12(20-22-15-21-19-10(3)27-15)13(8-11)23-28(25,9-16)26-14(17)18/h6-8,14H,4-5,9H2,1-3H3. The second kappa shape index (κ2) is 9.89. The molecule has 0 aliphatic rings. The van der Waals surface area contributed by atoms with Gasteiger partial charge in [-0.2, -0.15) is 13.1 Å². The van der Waals surface area contributed by atoms with Gasteiger partial charge in [0.1, 0.15) is 16.4 Å². The molecule has 0 saturated carbocycles. The van der Waals surface area contributed by atoms with Gasteiger partial charge in [-0.1, -0.05) is 11.3 Å². The largest absolute Gasteiger partial charge is 0.372 e. The molecule has 1 aromatic heterocycles. The highest BCUT2D eigenvalue weighted by Gasteiger charge is 2.18. The maximum absolute atomic E-state index is 13.2. The average Bonchev–Trinajstić information content (AvgIpc) is 3.06. The number of azo groups is 1. The van der Waals surface area contributed by atoms with Crippen LogP contribution in [0.2, 0.25) is 0 Å². The highest BCUT2D eigenvalue weighted by Crippen LogP contribution is 2.35. The van der Waals surface area contributed by atoms with Crippen molar-refractivity contribution in [1.82, 2.24) is 10.2 Å². The molecule has 0 radical (unpaired) electrons. The lowest BCUT2D eigenvalue weighted by Crippen LogP contribution is -2.21. The Morgan fingerprint density at radius 2 is 1.93 bits per heavy atom. The van der Waals surface area contributed by atoms with Crippen molar-refractivity contribution in [2.45, 2.75) is 27.4 Å². The van der Waals surface area contributed by atoms with Crippen molar-refractivity contribution >= 4 is 43.5 Å². The first kappa shape index (κ1) is 22.2. The number of benzene rings is 1. The monoisotopic (exact) mass is 436 g/mol. The van der Waals surface area contributed by atoms with E-state index in [2.05, 4.69) is 29.0 Å². The van der Waals surface area contributed by atoms with Crippen molar-refractivity contribution in [3.8, 4) is 0 Å². The van der Waals surface area contributed by atoms with E-state index in [0.29, 0.717) is 23.8 Å². The second-order valence-corrected chi connectivity index (χ2v) is 8.21. The summed E-state index contributed by atoms with van der Waals surface area (Å²) in [6.07, 6.45) is 0. The van der Waals surface area contributed by atoms with Gasteiger partial charge >= 0.3 is 6.61 Å². The molecule has 2 rings (SSSR count). The highest BCUT2D eigenvalue weighted by atomic mass is 32.2. The number of anilines is 1. The van der Waals surface area contributed by atoms with Crippen molar-refractivity contribution in [3.63, 3.8) is 0 Å². The SMILES string of the molecule is CCN(CC)c1ccc(N=Nc2nnc(C)s2)c(N=S(=O)(CF)OC(F)F)c1. The third-order valence-corrected chi connectivity index (χ3v) is 5.36. The number of alkyl halides is 3.